The van der Waals surface area contributed by atoms with Crippen molar-refractivity contribution < 1.29 is 24.5 Å². The van der Waals surface area contributed by atoms with Crippen LogP contribution in [0.3, 0.4) is 0 Å². The highest BCUT2D eigenvalue weighted by molar-refractivity contribution is 5.87. The Morgan fingerprint density at radius 1 is 1.28 bits per heavy atom. The molecule has 1 spiro atoms. The molecule has 2 saturated heterocycles. The molecule has 0 aromatic rings. The molecule has 0 bridgehead atoms. The first kappa shape index (κ1) is 22.2. The molecule has 3 aliphatic rings. The fourth-order valence-corrected chi connectivity index (χ4v) is 4.16. The van der Waals surface area contributed by atoms with Crippen LogP contribution in [0.5, 0.6) is 0 Å². The lowest BCUT2D eigenvalue weighted by molar-refractivity contribution is -0.117. The molecule has 1 amide bonds. The normalized spacial score (nSPS) is 36.6. The molecule has 162 valence electrons. The van der Waals surface area contributed by atoms with Crippen LogP contribution in [0.4, 0.5) is 0 Å². The van der Waals surface area contributed by atoms with Crippen molar-refractivity contribution in [1.29, 1.82) is 0 Å². The quantitative estimate of drug-likeness (QED) is 0.344. The first-order valence-corrected chi connectivity index (χ1v) is 10.8. The third-order valence-corrected chi connectivity index (χ3v) is 6.24. The minimum absolute atomic E-state index is 0.124. The van der Waals surface area contributed by atoms with Crippen LogP contribution >= 0.6 is 0 Å². The van der Waals surface area contributed by atoms with E-state index in [1.807, 2.05) is 12.2 Å². The van der Waals surface area contributed by atoms with E-state index in [0.29, 0.717) is 19.1 Å². The molecule has 1 aliphatic carbocycles. The van der Waals surface area contributed by atoms with Crippen LogP contribution < -0.4 is 5.32 Å². The molecular weight excluding hydrogens is 370 g/mol. The van der Waals surface area contributed by atoms with Crippen molar-refractivity contribution in [1.82, 2.24) is 5.32 Å². The molecule has 6 heteroatoms. The lowest BCUT2D eigenvalue weighted by Crippen LogP contribution is -2.46. The lowest BCUT2D eigenvalue weighted by atomic mass is 9.83. The Bertz CT molecular complexity index is 642. The van der Waals surface area contributed by atoms with Crippen LogP contribution in [0, 0.1) is 5.92 Å². The second-order valence-electron chi connectivity index (χ2n) is 8.75. The predicted molar refractivity (Wildman–Crippen MR) is 111 cm³/mol. The van der Waals surface area contributed by atoms with Gasteiger partial charge in [0.15, 0.2) is 0 Å². The number of hydrogen-bond donors (Lipinski definition) is 3. The van der Waals surface area contributed by atoms with Crippen LogP contribution in [0.15, 0.2) is 36.0 Å². The average Bonchev–Trinajstić information content (AvgIpc) is 3.47. The predicted octanol–water partition coefficient (Wildman–Crippen LogP) is 2.41. The van der Waals surface area contributed by atoms with Gasteiger partial charge in [0.1, 0.15) is 17.8 Å². The number of rotatable bonds is 7. The number of nitrogens with one attached hydrogen (secondary N) is 1. The van der Waals surface area contributed by atoms with Crippen LogP contribution in [-0.2, 0) is 14.3 Å². The maximum absolute atomic E-state index is 11.8. The van der Waals surface area contributed by atoms with Gasteiger partial charge < -0.3 is 25.0 Å². The summed E-state index contributed by atoms with van der Waals surface area (Å²) in [5.74, 6) is 0.514. The second-order valence-corrected chi connectivity index (χ2v) is 8.75. The Hall–Kier alpha value is -1.47. The largest absolute Gasteiger partial charge is 0.389 e. The number of amides is 1. The van der Waals surface area contributed by atoms with Crippen LogP contribution in [0.25, 0.3) is 0 Å². The Kier molecular flexibility index (Phi) is 7.68. The van der Waals surface area contributed by atoms with E-state index in [0.717, 1.165) is 38.5 Å². The molecule has 3 N–H and O–H groups in total. The van der Waals surface area contributed by atoms with Crippen molar-refractivity contribution in [3.63, 3.8) is 0 Å². The summed E-state index contributed by atoms with van der Waals surface area (Å²) in [7, 11) is 0. The number of allylic oxidation sites excluding steroid dienone is 3. The van der Waals surface area contributed by atoms with E-state index in [1.54, 1.807) is 6.92 Å². The Morgan fingerprint density at radius 3 is 2.66 bits per heavy atom. The minimum Gasteiger partial charge on any atom is -0.389 e. The van der Waals surface area contributed by atoms with Gasteiger partial charge in [-0.1, -0.05) is 29.9 Å². The maximum Gasteiger partial charge on any atom is 0.243 e. The van der Waals surface area contributed by atoms with E-state index in [4.69, 9.17) is 9.47 Å². The van der Waals surface area contributed by atoms with Crippen molar-refractivity contribution in [2.45, 2.75) is 82.3 Å². The highest BCUT2D eigenvalue weighted by atomic mass is 16.6. The molecule has 0 radical (unpaired) electrons. The third-order valence-electron chi connectivity index (χ3n) is 6.24. The van der Waals surface area contributed by atoms with E-state index in [9.17, 15) is 15.0 Å². The topological polar surface area (TPSA) is 91.3 Å². The number of aliphatic hydroxyl groups is 2. The van der Waals surface area contributed by atoms with E-state index in [1.165, 1.54) is 17.7 Å². The molecule has 0 unspecified atom stereocenters. The van der Waals surface area contributed by atoms with Gasteiger partial charge >= 0.3 is 0 Å². The van der Waals surface area contributed by atoms with E-state index >= 15 is 0 Å². The van der Waals surface area contributed by atoms with E-state index < -0.39 is 12.2 Å². The summed E-state index contributed by atoms with van der Waals surface area (Å²) >= 11 is 0. The molecular formula is C23H35NO5. The van der Waals surface area contributed by atoms with Crippen LogP contribution in [-0.4, -0.2) is 59.3 Å². The minimum atomic E-state index is -0.600. The molecule has 6 nitrogen and oxygen atoms in total. The summed E-state index contributed by atoms with van der Waals surface area (Å²) in [5.41, 5.74) is 0.821. The van der Waals surface area contributed by atoms with E-state index in [-0.39, 0.29) is 23.7 Å². The van der Waals surface area contributed by atoms with Crippen molar-refractivity contribution in [2.24, 2.45) is 5.92 Å². The smallest absolute Gasteiger partial charge is 0.243 e. The summed E-state index contributed by atoms with van der Waals surface area (Å²) in [4.78, 5) is 11.8. The fraction of sp³-hybridized carbons (Fsp3) is 0.696. The van der Waals surface area contributed by atoms with Gasteiger partial charge in [-0.2, -0.15) is 0 Å². The Labute approximate surface area is 173 Å². The van der Waals surface area contributed by atoms with Crippen LogP contribution in [0.2, 0.25) is 0 Å². The molecule has 0 aromatic carbocycles. The number of ether oxygens (including phenoxy) is 2. The third kappa shape index (κ3) is 6.51. The zero-order valence-corrected chi connectivity index (χ0v) is 17.5. The molecule has 29 heavy (non-hydrogen) atoms. The molecule has 4 atom stereocenters. The zero-order chi connectivity index (χ0) is 20.9. The lowest BCUT2D eigenvalue weighted by Gasteiger charge is -2.31. The molecule has 0 aromatic heterocycles. The number of carbonyl (C=O) groups is 1. The van der Waals surface area contributed by atoms with Crippen LogP contribution in [0.1, 0.15) is 52.4 Å². The number of epoxide rings is 1. The molecule has 2 aliphatic heterocycles. The zero-order valence-electron chi connectivity index (χ0n) is 17.5. The standard InChI is InChI=1S/C23H35NO5/c1-16(4-11-20-22(27)23(15-29-23)13-14-28-20)3-6-18-7-9-19(10-8-18)24-21(26)12-5-17(2)25/h3-5,11-12,17-20,22,25,27H,6-10,13-15H2,1-2H3,(H,24,26)/b11-4+,12-5-,16-3+/t17-,18-,19-,20+,22+,23+/m0/s1. The highest BCUT2D eigenvalue weighted by Crippen LogP contribution is 2.40. The van der Waals surface area contributed by atoms with Gasteiger partial charge in [0.2, 0.25) is 5.91 Å². The second kappa shape index (κ2) is 10.0. The van der Waals surface area contributed by atoms with Gasteiger partial charge in [-0.25, -0.2) is 0 Å². The fourth-order valence-electron chi connectivity index (χ4n) is 4.16. The SMILES string of the molecule is CC(/C=C/[C@H]1OCC[C@@]2(CO2)[C@@H]1O)=C\C[C@H]1CC[C@H](NC(=O)/C=C\[C@H](C)O)CC1. The van der Waals surface area contributed by atoms with Crippen molar-refractivity contribution in [3.05, 3.63) is 36.0 Å². The Balaban J connectivity index is 1.38. The summed E-state index contributed by atoms with van der Waals surface area (Å²) in [6.07, 6.45) is 13.7. The van der Waals surface area contributed by atoms with Crippen molar-refractivity contribution >= 4 is 5.91 Å². The van der Waals surface area contributed by atoms with Gasteiger partial charge in [0, 0.05) is 18.5 Å². The van der Waals surface area contributed by atoms with Gasteiger partial charge in [-0.15, -0.1) is 0 Å². The number of aliphatic hydroxyl groups excluding tert-OH is 2. The average molecular weight is 406 g/mol. The summed E-state index contributed by atoms with van der Waals surface area (Å²) in [6, 6.07) is 0.226. The Morgan fingerprint density at radius 2 is 2.00 bits per heavy atom. The van der Waals surface area contributed by atoms with Gasteiger partial charge in [-0.3, -0.25) is 4.79 Å². The first-order valence-electron chi connectivity index (χ1n) is 10.8. The van der Waals surface area contributed by atoms with Gasteiger partial charge in [0.05, 0.1) is 19.3 Å². The summed E-state index contributed by atoms with van der Waals surface area (Å²) in [5, 5.41) is 22.6. The van der Waals surface area contributed by atoms with Gasteiger partial charge in [0.25, 0.3) is 0 Å². The summed E-state index contributed by atoms with van der Waals surface area (Å²) in [6.45, 7) is 4.97. The molecule has 1 saturated carbocycles. The summed E-state index contributed by atoms with van der Waals surface area (Å²) < 4.78 is 11.1. The van der Waals surface area contributed by atoms with E-state index in [2.05, 4.69) is 18.3 Å². The van der Waals surface area contributed by atoms with Crippen molar-refractivity contribution in [2.75, 3.05) is 13.2 Å². The number of hydrogen-bond acceptors (Lipinski definition) is 5. The number of carbonyl (C=O) groups excluding carboxylic acids is 1. The molecule has 3 rings (SSSR count). The van der Waals surface area contributed by atoms with Gasteiger partial charge in [-0.05, 0) is 51.9 Å². The maximum atomic E-state index is 11.8. The van der Waals surface area contributed by atoms with Crippen molar-refractivity contribution in [3.8, 4) is 0 Å². The monoisotopic (exact) mass is 405 g/mol. The first-order chi connectivity index (χ1) is 13.9. The molecule has 2 heterocycles. The highest BCUT2D eigenvalue weighted by Gasteiger charge is 2.55. The molecule has 3 fully saturated rings.